The van der Waals surface area contributed by atoms with Crippen molar-refractivity contribution in [3.63, 3.8) is 0 Å². The Kier molecular flexibility index (Phi) is 13.2. The van der Waals surface area contributed by atoms with Gasteiger partial charge in [0, 0.05) is 24.6 Å². The minimum Gasteiger partial charge on any atom is -0.228 e. The second-order valence-corrected chi connectivity index (χ2v) is 11.0. The molecule has 2 nitrogen and oxygen atoms in total. The first-order chi connectivity index (χ1) is 14.8. The molecule has 0 saturated carbocycles. The van der Waals surface area contributed by atoms with E-state index in [0.717, 1.165) is 0 Å². The summed E-state index contributed by atoms with van der Waals surface area (Å²) in [5.41, 5.74) is 0. The molecule has 0 heterocycles. The van der Waals surface area contributed by atoms with Crippen LogP contribution in [0.3, 0.4) is 0 Å². The summed E-state index contributed by atoms with van der Waals surface area (Å²) in [6, 6.07) is 0. The molecule has 0 aliphatic rings. The summed E-state index contributed by atoms with van der Waals surface area (Å²) in [7, 11) is -4.28. The molecular weight excluding hydrogens is 541 g/mol. The van der Waals surface area contributed by atoms with E-state index < -0.39 is 83.1 Å². The van der Waals surface area contributed by atoms with Crippen LogP contribution in [0.1, 0.15) is 64.2 Å². The van der Waals surface area contributed by atoms with Gasteiger partial charge in [-0.3, -0.25) is 0 Å². The zero-order chi connectivity index (χ0) is 26.1. The molecule has 0 spiro atoms. The van der Waals surface area contributed by atoms with Crippen molar-refractivity contribution in [3.8, 4) is 0 Å². The summed E-state index contributed by atoms with van der Waals surface area (Å²) in [5.74, 6) is -10.1. The molecule has 0 amide bonds. The average Bonchev–Trinajstić information content (AvgIpc) is 2.64. The van der Waals surface area contributed by atoms with Crippen LogP contribution in [-0.2, 0) is 9.84 Å². The summed E-state index contributed by atoms with van der Waals surface area (Å²) in [6.45, 7) is 0. The van der Waals surface area contributed by atoms with Crippen molar-refractivity contribution in [3.05, 3.63) is 0 Å². The maximum absolute atomic E-state index is 13.2. The lowest BCUT2D eigenvalue weighted by atomic mass is 10.1. The van der Waals surface area contributed by atoms with Gasteiger partial charge in [-0.15, -0.1) is 23.2 Å². The van der Waals surface area contributed by atoms with Crippen molar-refractivity contribution < 1.29 is 52.3 Å². The van der Waals surface area contributed by atoms with Gasteiger partial charge >= 0.3 is 24.2 Å². The van der Waals surface area contributed by atoms with E-state index in [4.69, 9.17) is 23.2 Å². The number of hydrogen-bond donors (Lipinski definition) is 0. The zero-order valence-electron chi connectivity index (χ0n) is 17.4. The van der Waals surface area contributed by atoms with Gasteiger partial charge in [-0.25, -0.2) is 8.42 Å². The molecule has 0 aliphatic carbocycles. The molecule has 0 aromatic carbocycles. The predicted molar refractivity (Wildman–Crippen MR) is 106 cm³/mol. The van der Waals surface area contributed by atoms with Crippen molar-refractivity contribution >= 4 is 33.0 Å². The highest BCUT2D eigenvalue weighted by molar-refractivity contribution is 7.92. The number of hydrogen-bond acceptors (Lipinski definition) is 2. The van der Waals surface area contributed by atoms with Gasteiger partial charge in [0.2, 0.25) is 0 Å². The molecule has 0 saturated heterocycles. The monoisotopic (exact) mass is 566 g/mol. The Morgan fingerprint density at radius 1 is 0.545 bits per heavy atom. The van der Waals surface area contributed by atoms with Gasteiger partial charge in [-0.05, 0) is 51.4 Å². The highest BCUT2D eigenvalue weighted by Gasteiger charge is 2.57. The summed E-state index contributed by atoms with van der Waals surface area (Å²) >= 11 is 11.1. The van der Waals surface area contributed by atoms with E-state index in [2.05, 4.69) is 0 Å². The molecular formula is C18H26Cl2F10O2S. The van der Waals surface area contributed by atoms with Crippen molar-refractivity contribution in [2.75, 3.05) is 11.8 Å². The Morgan fingerprint density at radius 3 is 1.06 bits per heavy atom. The van der Waals surface area contributed by atoms with Crippen molar-refractivity contribution in [1.29, 1.82) is 0 Å². The Hall–Kier alpha value is -0.170. The van der Waals surface area contributed by atoms with Gasteiger partial charge < -0.3 is 0 Å². The van der Waals surface area contributed by atoms with Crippen LogP contribution in [0.4, 0.5) is 43.9 Å². The molecule has 33 heavy (non-hydrogen) atoms. The number of alkyl halides is 12. The Morgan fingerprint density at radius 2 is 0.818 bits per heavy atom. The van der Waals surface area contributed by atoms with E-state index >= 15 is 0 Å². The van der Waals surface area contributed by atoms with Crippen LogP contribution < -0.4 is 0 Å². The van der Waals surface area contributed by atoms with Crippen LogP contribution in [0.2, 0.25) is 0 Å². The van der Waals surface area contributed by atoms with Gasteiger partial charge in [0.1, 0.15) is 0 Å². The molecule has 0 N–H and O–H groups in total. The van der Waals surface area contributed by atoms with Crippen molar-refractivity contribution in [2.24, 2.45) is 0 Å². The molecule has 0 radical (unpaired) electrons. The first-order valence-electron chi connectivity index (χ1n) is 10.1. The van der Waals surface area contributed by atoms with E-state index in [1.54, 1.807) is 0 Å². The lowest BCUT2D eigenvalue weighted by molar-refractivity contribution is -0.284. The highest BCUT2D eigenvalue weighted by atomic mass is 35.5. The van der Waals surface area contributed by atoms with Gasteiger partial charge in [0.25, 0.3) is 0 Å². The normalized spacial score (nSPS) is 16.1. The van der Waals surface area contributed by atoms with Crippen LogP contribution in [0.15, 0.2) is 0 Å². The molecule has 0 rings (SSSR count). The highest BCUT2D eigenvalue weighted by Crippen LogP contribution is 2.41. The summed E-state index contributed by atoms with van der Waals surface area (Å²) < 4.78 is 153. The smallest absolute Gasteiger partial charge is 0.228 e. The number of halogens is 12. The summed E-state index contributed by atoms with van der Waals surface area (Å²) in [6.07, 6.45) is -17.8. The van der Waals surface area contributed by atoms with E-state index in [9.17, 15) is 52.3 Å². The second kappa shape index (κ2) is 13.2. The fourth-order valence-electron chi connectivity index (χ4n) is 3.21. The molecule has 0 fully saturated rings. The van der Waals surface area contributed by atoms with Gasteiger partial charge in [0.15, 0.2) is 9.84 Å². The minimum atomic E-state index is -5.80. The Balaban J connectivity index is 5.46. The third-order valence-corrected chi connectivity index (χ3v) is 8.45. The molecule has 15 heteroatoms. The third-order valence-electron chi connectivity index (χ3n) is 5.11. The maximum atomic E-state index is 13.2. The molecule has 2 atom stereocenters. The van der Waals surface area contributed by atoms with Crippen molar-refractivity contribution in [1.82, 2.24) is 0 Å². The van der Waals surface area contributed by atoms with Crippen LogP contribution in [0, 0.1) is 0 Å². The molecule has 0 aliphatic heterocycles. The van der Waals surface area contributed by atoms with E-state index in [1.165, 1.54) is 0 Å². The van der Waals surface area contributed by atoms with Crippen LogP contribution >= 0.6 is 23.2 Å². The Bertz CT molecular complexity index is 616. The standard InChI is InChI=1S/C18H26Cl2F10O2S/c19-11-3-7-13(5-1-9-15(21,22)17(25,26)27)33(31,32)14(8-4-12-20)6-2-10-16(23,24)18(28,29)30/h13-14H,1-12H2. The van der Waals surface area contributed by atoms with E-state index in [0.29, 0.717) is 0 Å². The quantitative estimate of drug-likeness (QED) is 0.140. The maximum Gasteiger partial charge on any atom is 0.453 e. The minimum absolute atomic E-state index is 0.0329. The van der Waals surface area contributed by atoms with Gasteiger partial charge in [0.05, 0.1) is 10.5 Å². The van der Waals surface area contributed by atoms with Crippen LogP contribution in [0.5, 0.6) is 0 Å². The molecule has 2 unspecified atom stereocenters. The van der Waals surface area contributed by atoms with Crippen LogP contribution in [-0.4, -0.2) is 54.9 Å². The van der Waals surface area contributed by atoms with E-state index in [-0.39, 0.29) is 37.4 Å². The molecule has 0 aromatic rings. The van der Waals surface area contributed by atoms with Crippen molar-refractivity contribution in [2.45, 2.75) is 98.9 Å². The van der Waals surface area contributed by atoms with Gasteiger partial charge in [-0.1, -0.05) is 0 Å². The fourth-order valence-corrected chi connectivity index (χ4v) is 6.05. The lowest BCUT2D eigenvalue weighted by Crippen LogP contribution is -2.38. The summed E-state index contributed by atoms with van der Waals surface area (Å²) in [5, 5.41) is -2.80. The lowest BCUT2D eigenvalue weighted by Gasteiger charge is -2.26. The zero-order valence-corrected chi connectivity index (χ0v) is 19.7. The molecule has 0 bridgehead atoms. The molecule has 200 valence electrons. The predicted octanol–water partition coefficient (Wildman–Crippen LogP) is 7.91. The molecule has 0 aromatic heterocycles. The van der Waals surface area contributed by atoms with E-state index in [1.807, 2.05) is 0 Å². The van der Waals surface area contributed by atoms with Crippen LogP contribution in [0.25, 0.3) is 0 Å². The van der Waals surface area contributed by atoms with Gasteiger partial charge in [-0.2, -0.15) is 43.9 Å². The number of sulfone groups is 1. The number of rotatable bonds is 16. The first-order valence-corrected chi connectivity index (χ1v) is 12.7. The fraction of sp³-hybridized carbons (Fsp3) is 1.00. The Labute approximate surface area is 196 Å². The SMILES string of the molecule is O=S(=O)(C(CCCCl)CCCC(F)(F)C(F)(F)F)C(CCCCl)CCCC(F)(F)C(F)(F)F. The third kappa shape index (κ3) is 10.5. The largest absolute Gasteiger partial charge is 0.453 e. The summed E-state index contributed by atoms with van der Waals surface area (Å²) in [4.78, 5) is 0. The first kappa shape index (κ1) is 32.8. The topological polar surface area (TPSA) is 34.1 Å². The second-order valence-electron chi connectivity index (χ2n) is 7.68. The average molecular weight is 567 g/mol.